The summed E-state index contributed by atoms with van der Waals surface area (Å²) in [4.78, 5) is 36.7. The maximum absolute atomic E-state index is 12.4. The smallest absolute Gasteiger partial charge is 0.257 e. The van der Waals surface area contributed by atoms with Crippen LogP contribution in [-0.2, 0) is 9.59 Å². The van der Waals surface area contributed by atoms with Gasteiger partial charge in [0.2, 0.25) is 5.91 Å². The molecule has 2 amide bonds. The van der Waals surface area contributed by atoms with Gasteiger partial charge >= 0.3 is 0 Å². The number of likely N-dealkylation sites (tertiary alicyclic amines) is 1. The number of ketones is 1. The number of amides is 2. The van der Waals surface area contributed by atoms with E-state index >= 15 is 0 Å². The van der Waals surface area contributed by atoms with Crippen molar-refractivity contribution in [1.82, 2.24) is 10.2 Å². The first-order chi connectivity index (χ1) is 11.0. The molecule has 1 fully saturated rings. The van der Waals surface area contributed by atoms with Gasteiger partial charge in [0.1, 0.15) is 11.5 Å². The Morgan fingerprint density at radius 2 is 1.83 bits per heavy atom. The third-order valence-electron chi connectivity index (χ3n) is 3.99. The highest BCUT2D eigenvalue weighted by molar-refractivity contribution is 5.96. The number of nitrogens with zero attached hydrogens (tertiary/aromatic N) is 1. The number of Topliss-reactive ketones (excluding diaryl/α,β-unsaturated/α-hetero) is 1. The van der Waals surface area contributed by atoms with Crippen molar-refractivity contribution in [3.05, 3.63) is 29.8 Å². The fraction of sp³-hybridized carbons (Fsp3) is 0.471. The summed E-state index contributed by atoms with van der Waals surface area (Å²) >= 11 is 0. The summed E-state index contributed by atoms with van der Waals surface area (Å²) in [6.45, 7) is 2.53. The van der Waals surface area contributed by atoms with E-state index in [4.69, 9.17) is 0 Å². The Kier molecular flexibility index (Phi) is 5.73. The SMILES string of the molecule is CC(=O)CCC(=O)NC1CCN(C(=O)c2ccccc2O)CC1. The van der Waals surface area contributed by atoms with Crippen LogP contribution >= 0.6 is 0 Å². The molecule has 2 rings (SSSR count). The van der Waals surface area contributed by atoms with Crippen LogP contribution in [0.4, 0.5) is 0 Å². The number of carbonyl (C=O) groups is 3. The number of aromatic hydroxyl groups is 1. The van der Waals surface area contributed by atoms with E-state index in [1.807, 2.05) is 0 Å². The van der Waals surface area contributed by atoms with Gasteiger partial charge in [0, 0.05) is 32.0 Å². The number of piperidine rings is 1. The molecule has 0 unspecified atom stereocenters. The maximum atomic E-state index is 12.4. The van der Waals surface area contributed by atoms with Crippen LogP contribution in [0.3, 0.4) is 0 Å². The van der Waals surface area contributed by atoms with Crippen molar-refractivity contribution in [2.24, 2.45) is 0 Å². The molecule has 0 radical (unpaired) electrons. The number of carbonyl (C=O) groups excluding carboxylic acids is 3. The number of benzene rings is 1. The highest BCUT2D eigenvalue weighted by Crippen LogP contribution is 2.20. The Hall–Kier alpha value is -2.37. The molecule has 1 aromatic carbocycles. The molecule has 0 spiro atoms. The molecule has 0 bridgehead atoms. The summed E-state index contributed by atoms with van der Waals surface area (Å²) in [6.07, 6.45) is 1.82. The van der Waals surface area contributed by atoms with Gasteiger partial charge in [-0.15, -0.1) is 0 Å². The van der Waals surface area contributed by atoms with Gasteiger partial charge in [0.05, 0.1) is 5.56 Å². The molecule has 1 aliphatic heterocycles. The number of phenolic OH excluding ortho intramolecular Hbond substituents is 1. The maximum Gasteiger partial charge on any atom is 0.257 e. The van der Waals surface area contributed by atoms with E-state index in [-0.39, 0.29) is 42.2 Å². The molecule has 0 saturated carbocycles. The van der Waals surface area contributed by atoms with Crippen LogP contribution in [0.25, 0.3) is 0 Å². The Bertz CT molecular complexity index is 592. The van der Waals surface area contributed by atoms with E-state index in [0.717, 1.165) is 0 Å². The van der Waals surface area contributed by atoms with Gasteiger partial charge < -0.3 is 20.1 Å². The fourth-order valence-electron chi connectivity index (χ4n) is 2.64. The van der Waals surface area contributed by atoms with Crippen LogP contribution in [0.1, 0.15) is 43.0 Å². The summed E-state index contributed by atoms with van der Waals surface area (Å²) in [5.74, 6) is -0.324. The van der Waals surface area contributed by atoms with E-state index < -0.39 is 0 Å². The summed E-state index contributed by atoms with van der Waals surface area (Å²) in [7, 11) is 0. The summed E-state index contributed by atoms with van der Waals surface area (Å²) in [6, 6.07) is 6.52. The van der Waals surface area contributed by atoms with Crippen molar-refractivity contribution >= 4 is 17.6 Å². The van der Waals surface area contributed by atoms with E-state index in [0.29, 0.717) is 31.5 Å². The average molecular weight is 318 g/mol. The van der Waals surface area contributed by atoms with Gasteiger partial charge in [0.15, 0.2) is 0 Å². The van der Waals surface area contributed by atoms with Crippen LogP contribution in [-0.4, -0.2) is 46.7 Å². The second-order valence-corrected chi connectivity index (χ2v) is 5.85. The molecule has 0 aromatic heterocycles. The summed E-state index contributed by atoms with van der Waals surface area (Å²) in [5, 5.41) is 12.7. The molecule has 1 saturated heterocycles. The number of phenols is 1. The quantitative estimate of drug-likeness (QED) is 0.861. The van der Waals surface area contributed by atoms with Crippen LogP contribution < -0.4 is 5.32 Å². The standard InChI is InChI=1S/C17H22N2O4/c1-12(20)6-7-16(22)18-13-8-10-19(11-9-13)17(23)14-4-2-3-5-15(14)21/h2-5,13,21H,6-11H2,1H3,(H,18,22). The van der Waals surface area contributed by atoms with Crippen molar-refractivity contribution in [2.45, 2.75) is 38.6 Å². The minimum Gasteiger partial charge on any atom is -0.507 e. The van der Waals surface area contributed by atoms with Gasteiger partial charge in [0.25, 0.3) is 5.91 Å². The molecule has 0 atom stereocenters. The molecule has 23 heavy (non-hydrogen) atoms. The minimum atomic E-state index is -0.190. The molecular formula is C17H22N2O4. The lowest BCUT2D eigenvalue weighted by atomic mass is 10.0. The number of nitrogens with one attached hydrogen (secondary N) is 1. The Balaban J connectivity index is 1.82. The third-order valence-corrected chi connectivity index (χ3v) is 3.99. The van der Waals surface area contributed by atoms with Gasteiger partial charge in [-0.1, -0.05) is 12.1 Å². The number of rotatable bonds is 5. The first-order valence-electron chi connectivity index (χ1n) is 7.83. The highest BCUT2D eigenvalue weighted by Gasteiger charge is 2.25. The molecule has 0 aliphatic carbocycles. The molecule has 1 aliphatic rings. The zero-order valence-corrected chi connectivity index (χ0v) is 13.2. The van der Waals surface area contributed by atoms with Crippen molar-refractivity contribution in [2.75, 3.05) is 13.1 Å². The fourth-order valence-corrected chi connectivity index (χ4v) is 2.64. The van der Waals surface area contributed by atoms with Gasteiger partial charge in [-0.2, -0.15) is 0 Å². The summed E-state index contributed by atoms with van der Waals surface area (Å²) in [5.41, 5.74) is 0.302. The minimum absolute atomic E-state index is 0.00300. The normalized spacial score (nSPS) is 15.3. The second-order valence-electron chi connectivity index (χ2n) is 5.85. The Morgan fingerprint density at radius 3 is 2.43 bits per heavy atom. The lowest BCUT2D eigenvalue weighted by Gasteiger charge is -2.32. The van der Waals surface area contributed by atoms with Crippen LogP contribution in [0.5, 0.6) is 5.75 Å². The Morgan fingerprint density at radius 1 is 1.17 bits per heavy atom. The zero-order chi connectivity index (χ0) is 16.8. The summed E-state index contributed by atoms with van der Waals surface area (Å²) < 4.78 is 0. The molecule has 124 valence electrons. The van der Waals surface area contributed by atoms with E-state index in [2.05, 4.69) is 5.32 Å². The van der Waals surface area contributed by atoms with Gasteiger partial charge in [-0.25, -0.2) is 0 Å². The second kappa shape index (κ2) is 7.76. The first-order valence-corrected chi connectivity index (χ1v) is 7.83. The number of para-hydroxylation sites is 1. The Labute approximate surface area is 135 Å². The van der Waals surface area contributed by atoms with Crippen molar-refractivity contribution in [3.8, 4) is 5.75 Å². The molecule has 6 nitrogen and oxygen atoms in total. The molecule has 2 N–H and O–H groups in total. The highest BCUT2D eigenvalue weighted by atomic mass is 16.3. The van der Waals surface area contributed by atoms with Crippen molar-refractivity contribution < 1.29 is 19.5 Å². The van der Waals surface area contributed by atoms with Crippen LogP contribution in [0, 0.1) is 0 Å². The van der Waals surface area contributed by atoms with Gasteiger partial charge in [-0.3, -0.25) is 9.59 Å². The van der Waals surface area contributed by atoms with Gasteiger partial charge in [-0.05, 0) is 31.9 Å². The number of hydrogen-bond donors (Lipinski definition) is 2. The molecular weight excluding hydrogens is 296 g/mol. The van der Waals surface area contributed by atoms with E-state index in [1.165, 1.54) is 13.0 Å². The monoisotopic (exact) mass is 318 g/mol. The lowest BCUT2D eigenvalue weighted by Crippen LogP contribution is -2.46. The van der Waals surface area contributed by atoms with Crippen LogP contribution in [0.15, 0.2) is 24.3 Å². The topological polar surface area (TPSA) is 86.7 Å². The largest absolute Gasteiger partial charge is 0.507 e. The lowest BCUT2D eigenvalue weighted by molar-refractivity contribution is -0.125. The number of hydrogen-bond acceptors (Lipinski definition) is 4. The van der Waals surface area contributed by atoms with Crippen molar-refractivity contribution in [1.29, 1.82) is 0 Å². The van der Waals surface area contributed by atoms with E-state index in [1.54, 1.807) is 23.1 Å². The molecule has 1 aromatic rings. The van der Waals surface area contributed by atoms with Crippen molar-refractivity contribution in [3.63, 3.8) is 0 Å². The van der Waals surface area contributed by atoms with E-state index in [9.17, 15) is 19.5 Å². The first kappa shape index (κ1) is 17.0. The zero-order valence-electron chi connectivity index (χ0n) is 13.2. The molecule has 6 heteroatoms. The van der Waals surface area contributed by atoms with Crippen LogP contribution in [0.2, 0.25) is 0 Å². The predicted octanol–water partition coefficient (Wildman–Crippen LogP) is 1.48. The predicted molar refractivity (Wildman–Crippen MR) is 85.1 cm³/mol. The third kappa shape index (κ3) is 4.81. The molecule has 1 heterocycles. The average Bonchev–Trinajstić information content (AvgIpc) is 2.53.